The molecule has 1 aliphatic heterocycles. The largest absolute Gasteiger partial charge is 0.462 e. The lowest BCUT2D eigenvalue weighted by atomic mass is 9.61. The number of aliphatic hydroxyl groups is 1. The minimum absolute atomic E-state index is 0.0238. The van der Waals surface area contributed by atoms with Gasteiger partial charge < -0.3 is 9.84 Å². The van der Waals surface area contributed by atoms with Gasteiger partial charge in [0.15, 0.2) is 0 Å². The molecular weight excluding hydrogens is 228 g/mol. The molecule has 0 aromatic rings. The number of rotatable bonds is 0. The van der Waals surface area contributed by atoms with Crippen molar-refractivity contribution in [1.82, 2.24) is 0 Å². The van der Waals surface area contributed by atoms with Crippen LogP contribution < -0.4 is 0 Å². The van der Waals surface area contributed by atoms with Crippen LogP contribution in [-0.2, 0) is 9.53 Å². The van der Waals surface area contributed by atoms with Gasteiger partial charge in [-0.2, -0.15) is 0 Å². The SMILES string of the molecule is CC.CC1OC(=O)C2CC3CCCCC3C(O)C12. The Morgan fingerprint density at radius 3 is 2.61 bits per heavy atom. The maximum absolute atomic E-state index is 11.7. The summed E-state index contributed by atoms with van der Waals surface area (Å²) in [7, 11) is 0. The first-order valence-corrected chi connectivity index (χ1v) is 7.57. The van der Waals surface area contributed by atoms with E-state index in [1.807, 2.05) is 20.8 Å². The van der Waals surface area contributed by atoms with Crippen LogP contribution in [0.3, 0.4) is 0 Å². The van der Waals surface area contributed by atoms with Gasteiger partial charge in [0.25, 0.3) is 0 Å². The van der Waals surface area contributed by atoms with E-state index in [-0.39, 0.29) is 30.0 Å². The quantitative estimate of drug-likeness (QED) is 0.676. The Kier molecular flexibility index (Phi) is 4.31. The lowest BCUT2D eigenvalue weighted by Crippen LogP contribution is -2.47. The second-order valence-corrected chi connectivity index (χ2v) is 5.76. The number of aliphatic hydroxyl groups excluding tert-OH is 1. The smallest absolute Gasteiger partial charge is 0.309 e. The first kappa shape index (κ1) is 13.9. The third-order valence-corrected chi connectivity index (χ3v) is 4.97. The van der Waals surface area contributed by atoms with Gasteiger partial charge in [0.1, 0.15) is 6.10 Å². The van der Waals surface area contributed by atoms with E-state index in [1.54, 1.807) is 0 Å². The molecule has 104 valence electrons. The van der Waals surface area contributed by atoms with Gasteiger partial charge in [-0.15, -0.1) is 0 Å². The molecule has 1 heterocycles. The maximum Gasteiger partial charge on any atom is 0.309 e. The van der Waals surface area contributed by atoms with Crippen LogP contribution in [0.2, 0.25) is 0 Å². The summed E-state index contributed by atoms with van der Waals surface area (Å²) in [4.78, 5) is 11.7. The van der Waals surface area contributed by atoms with E-state index in [9.17, 15) is 9.90 Å². The van der Waals surface area contributed by atoms with Gasteiger partial charge in [-0.3, -0.25) is 4.79 Å². The first-order valence-electron chi connectivity index (χ1n) is 7.57. The molecule has 0 radical (unpaired) electrons. The average molecular weight is 254 g/mol. The highest BCUT2D eigenvalue weighted by Crippen LogP contribution is 2.49. The van der Waals surface area contributed by atoms with E-state index in [2.05, 4.69) is 0 Å². The van der Waals surface area contributed by atoms with Crippen LogP contribution in [0.25, 0.3) is 0 Å². The third-order valence-electron chi connectivity index (χ3n) is 4.97. The molecule has 3 nitrogen and oxygen atoms in total. The Bertz CT molecular complexity index is 302. The molecule has 3 rings (SSSR count). The van der Waals surface area contributed by atoms with Gasteiger partial charge in [0.2, 0.25) is 0 Å². The molecular formula is C15H26O3. The molecule has 18 heavy (non-hydrogen) atoms. The molecule has 6 atom stereocenters. The Labute approximate surface area is 110 Å². The van der Waals surface area contributed by atoms with Crippen LogP contribution in [0.4, 0.5) is 0 Å². The second-order valence-electron chi connectivity index (χ2n) is 5.76. The van der Waals surface area contributed by atoms with Gasteiger partial charge in [-0.1, -0.05) is 33.1 Å². The van der Waals surface area contributed by atoms with E-state index >= 15 is 0 Å². The molecule has 1 saturated heterocycles. The molecule has 2 aliphatic carbocycles. The summed E-state index contributed by atoms with van der Waals surface area (Å²) in [5.41, 5.74) is 0. The zero-order valence-electron chi connectivity index (χ0n) is 11.8. The molecule has 0 amide bonds. The lowest BCUT2D eigenvalue weighted by molar-refractivity contribution is -0.144. The van der Waals surface area contributed by atoms with Gasteiger partial charge >= 0.3 is 5.97 Å². The van der Waals surface area contributed by atoms with Crippen LogP contribution in [-0.4, -0.2) is 23.3 Å². The predicted molar refractivity (Wildman–Crippen MR) is 70.0 cm³/mol. The van der Waals surface area contributed by atoms with E-state index in [0.29, 0.717) is 11.8 Å². The molecule has 0 aromatic heterocycles. The second kappa shape index (κ2) is 5.60. The number of hydrogen-bond donors (Lipinski definition) is 1. The Balaban J connectivity index is 0.000000574. The minimum Gasteiger partial charge on any atom is -0.462 e. The van der Waals surface area contributed by atoms with Crippen LogP contribution in [0.5, 0.6) is 0 Å². The van der Waals surface area contributed by atoms with E-state index in [1.165, 1.54) is 19.3 Å². The molecule has 1 N–H and O–H groups in total. The van der Waals surface area contributed by atoms with Crippen molar-refractivity contribution >= 4 is 5.97 Å². The van der Waals surface area contributed by atoms with Crippen LogP contribution in [0, 0.1) is 23.7 Å². The van der Waals surface area contributed by atoms with Crippen LogP contribution in [0.15, 0.2) is 0 Å². The van der Waals surface area contributed by atoms with Crippen molar-refractivity contribution < 1.29 is 14.6 Å². The predicted octanol–water partition coefficient (Wildman–Crippen LogP) is 2.76. The Morgan fingerprint density at radius 2 is 1.89 bits per heavy atom. The topological polar surface area (TPSA) is 46.5 Å². The van der Waals surface area contributed by atoms with Gasteiger partial charge in [0.05, 0.1) is 12.0 Å². The zero-order chi connectivity index (χ0) is 13.3. The van der Waals surface area contributed by atoms with Crippen LogP contribution in [0.1, 0.15) is 52.9 Å². The highest BCUT2D eigenvalue weighted by Gasteiger charge is 2.54. The molecule has 3 aliphatic rings. The van der Waals surface area contributed by atoms with E-state index < -0.39 is 0 Å². The highest BCUT2D eigenvalue weighted by atomic mass is 16.6. The Morgan fingerprint density at radius 1 is 1.22 bits per heavy atom. The summed E-state index contributed by atoms with van der Waals surface area (Å²) in [6, 6.07) is 0. The maximum atomic E-state index is 11.7. The first-order chi connectivity index (χ1) is 8.68. The highest BCUT2D eigenvalue weighted by molar-refractivity contribution is 5.75. The summed E-state index contributed by atoms with van der Waals surface area (Å²) in [6.45, 7) is 5.93. The average Bonchev–Trinajstić information content (AvgIpc) is 2.68. The van der Waals surface area contributed by atoms with Crippen molar-refractivity contribution in [2.24, 2.45) is 23.7 Å². The number of ether oxygens (including phenoxy) is 1. The van der Waals surface area contributed by atoms with Crippen LogP contribution >= 0.6 is 0 Å². The summed E-state index contributed by atoms with van der Waals surface area (Å²) in [5, 5.41) is 10.4. The lowest BCUT2D eigenvalue weighted by Gasteiger charge is -2.44. The number of cyclic esters (lactones) is 1. The summed E-state index contributed by atoms with van der Waals surface area (Å²) in [5.74, 6) is 0.951. The Hall–Kier alpha value is -0.570. The van der Waals surface area contributed by atoms with Crippen molar-refractivity contribution in [3.63, 3.8) is 0 Å². The van der Waals surface area contributed by atoms with Gasteiger partial charge in [-0.25, -0.2) is 0 Å². The molecule has 0 spiro atoms. The fourth-order valence-electron chi connectivity index (χ4n) is 4.19. The summed E-state index contributed by atoms with van der Waals surface area (Å²) >= 11 is 0. The standard InChI is InChI=1S/C13H20O3.C2H6/c1-7-11-10(13(15)16-7)6-8-4-2-3-5-9(8)12(11)14;1-2/h7-12,14H,2-6H2,1H3;1-2H3. The summed E-state index contributed by atoms with van der Waals surface area (Å²) in [6.07, 6.45) is 5.37. The fourth-order valence-corrected chi connectivity index (χ4v) is 4.19. The number of esters is 1. The zero-order valence-corrected chi connectivity index (χ0v) is 11.8. The molecule has 3 heteroatoms. The molecule has 0 bridgehead atoms. The van der Waals surface area contributed by atoms with E-state index in [4.69, 9.17) is 4.74 Å². The molecule has 2 saturated carbocycles. The van der Waals surface area contributed by atoms with Crippen molar-refractivity contribution in [2.45, 2.75) is 65.1 Å². The summed E-state index contributed by atoms with van der Waals surface area (Å²) < 4.78 is 5.29. The van der Waals surface area contributed by atoms with E-state index in [0.717, 1.165) is 12.8 Å². The third kappa shape index (κ3) is 2.18. The fraction of sp³-hybridized carbons (Fsp3) is 0.933. The number of hydrogen-bond acceptors (Lipinski definition) is 3. The van der Waals surface area contributed by atoms with Gasteiger partial charge in [-0.05, 0) is 31.6 Å². The monoisotopic (exact) mass is 254 g/mol. The number of carbonyl (C=O) groups is 1. The van der Waals surface area contributed by atoms with Crippen molar-refractivity contribution in [2.75, 3.05) is 0 Å². The van der Waals surface area contributed by atoms with Crippen molar-refractivity contribution in [3.05, 3.63) is 0 Å². The van der Waals surface area contributed by atoms with Crippen molar-refractivity contribution in [3.8, 4) is 0 Å². The molecule has 3 fully saturated rings. The molecule has 6 unspecified atom stereocenters. The number of carbonyl (C=O) groups excluding carboxylic acids is 1. The number of fused-ring (bicyclic) bond motifs is 2. The van der Waals surface area contributed by atoms with Gasteiger partial charge in [0, 0.05) is 5.92 Å². The normalized spacial score (nSPS) is 46.3. The minimum atomic E-state index is -0.314. The van der Waals surface area contributed by atoms with Crippen molar-refractivity contribution in [1.29, 1.82) is 0 Å². The molecule has 0 aromatic carbocycles.